The largest absolute Gasteiger partial charge is 0.466 e. The summed E-state index contributed by atoms with van der Waals surface area (Å²) in [5.74, 6) is -0.839. The molecule has 0 heterocycles. The van der Waals surface area contributed by atoms with E-state index in [-0.39, 0.29) is 18.8 Å². The SMILES string of the molecule is CCOC(=O)CC(=O)C=C(C)N. The van der Waals surface area contributed by atoms with E-state index in [0.717, 1.165) is 0 Å². The number of hydrogen-bond donors (Lipinski definition) is 1. The molecule has 0 amide bonds. The van der Waals surface area contributed by atoms with Gasteiger partial charge in [-0.25, -0.2) is 0 Å². The normalized spacial score (nSPS) is 11.0. The lowest BCUT2D eigenvalue weighted by molar-refractivity contribution is -0.144. The van der Waals surface area contributed by atoms with Gasteiger partial charge in [0.1, 0.15) is 6.42 Å². The molecule has 2 N–H and O–H groups in total. The van der Waals surface area contributed by atoms with Crippen molar-refractivity contribution in [1.82, 2.24) is 0 Å². The third kappa shape index (κ3) is 5.46. The maximum atomic E-state index is 10.9. The minimum Gasteiger partial charge on any atom is -0.466 e. The number of ketones is 1. The van der Waals surface area contributed by atoms with E-state index in [4.69, 9.17) is 5.73 Å². The predicted octanol–water partition coefficient (Wildman–Crippen LogP) is 0.371. The molecule has 0 spiro atoms. The summed E-state index contributed by atoms with van der Waals surface area (Å²) >= 11 is 0. The molecular formula is C8H13NO3. The molecule has 0 aromatic carbocycles. The first-order valence-electron chi connectivity index (χ1n) is 3.68. The van der Waals surface area contributed by atoms with Crippen molar-refractivity contribution in [2.75, 3.05) is 6.61 Å². The molecule has 12 heavy (non-hydrogen) atoms. The van der Waals surface area contributed by atoms with Gasteiger partial charge in [0.15, 0.2) is 5.78 Å². The predicted molar refractivity (Wildman–Crippen MR) is 44.2 cm³/mol. The lowest BCUT2D eigenvalue weighted by atomic mass is 10.2. The van der Waals surface area contributed by atoms with Crippen LogP contribution in [-0.2, 0) is 14.3 Å². The number of rotatable bonds is 4. The van der Waals surface area contributed by atoms with Crippen LogP contribution in [0.4, 0.5) is 0 Å². The van der Waals surface area contributed by atoms with Crippen molar-refractivity contribution in [1.29, 1.82) is 0 Å². The van der Waals surface area contributed by atoms with E-state index in [2.05, 4.69) is 4.74 Å². The van der Waals surface area contributed by atoms with Crippen LogP contribution in [0.2, 0.25) is 0 Å². The van der Waals surface area contributed by atoms with E-state index in [1.807, 2.05) is 0 Å². The Morgan fingerprint density at radius 2 is 2.08 bits per heavy atom. The smallest absolute Gasteiger partial charge is 0.313 e. The zero-order valence-corrected chi connectivity index (χ0v) is 7.29. The van der Waals surface area contributed by atoms with Crippen LogP contribution in [0.3, 0.4) is 0 Å². The number of esters is 1. The van der Waals surface area contributed by atoms with Crippen LogP contribution in [0.15, 0.2) is 11.8 Å². The fourth-order valence-corrected chi connectivity index (χ4v) is 0.659. The van der Waals surface area contributed by atoms with E-state index >= 15 is 0 Å². The van der Waals surface area contributed by atoms with E-state index in [9.17, 15) is 9.59 Å². The highest BCUT2D eigenvalue weighted by Crippen LogP contribution is 1.91. The summed E-state index contributed by atoms with van der Waals surface area (Å²) in [5.41, 5.74) is 5.62. The molecule has 0 aromatic rings. The van der Waals surface area contributed by atoms with Crippen molar-refractivity contribution in [2.24, 2.45) is 5.73 Å². The van der Waals surface area contributed by atoms with Gasteiger partial charge in [-0.2, -0.15) is 0 Å². The number of carbonyl (C=O) groups is 2. The Morgan fingerprint density at radius 3 is 2.50 bits per heavy atom. The topological polar surface area (TPSA) is 69.4 Å². The maximum Gasteiger partial charge on any atom is 0.313 e. The van der Waals surface area contributed by atoms with E-state index in [1.165, 1.54) is 6.08 Å². The Bertz CT molecular complexity index is 204. The number of ether oxygens (including phenoxy) is 1. The molecule has 0 aliphatic heterocycles. The Hall–Kier alpha value is -1.32. The van der Waals surface area contributed by atoms with Crippen molar-refractivity contribution in [3.63, 3.8) is 0 Å². The van der Waals surface area contributed by atoms with E-state index in [0.29, 0.717) is 5.70 Å². The van der Waals surface area contributed by atoms with Crippen LogP contribution in [-0.4, -0.2) is 18.4 Å². The van der Waals surface area contributed by atoms with Gasteiger partial charge in [-0.1, -0.05) is 0 Å². The Balaban J connectivity index is 3.85. The monoisotopic (exact) mass is 171 g/mol. The number of hydrogen-bond acceptors (Lipinski definition) is 4. The second-order valence-electron chi connectivity index (χ2n) is 2.34. The molecule has 0 atom stereocenters. The van der Waals surface area contributed by atoms with Gasteiger partial charge in [0.05, 0.1) is 6.61 Å². The molecule has 4 nitrogen and oxygen atoms in total. The first-order valence-corrected chi connectivity index (χ1v) is 3.68. The summed E-state index contributed by atoms with van der Waals surface area (Å²) in [4.78, 5) is 21.6. The second-order valence-corrected chi connectivity index (χ2v) is 2.34. The zero-order valence-electron chi connectivity index (χ0n) is 7.29. The van der Waals surface area contributed by atoms with Crippen LogP contribution in [0.1, 0.15) is 20.3 Å². The molecule has 0 rings (SSSR count). The van der Waals surface area contributed by atoms with Gasteiger partial charge in [-0.3, -0.25) is 9.59 Å². The fourth-order valence-electron chi connectivity index (χ4n) is 0.659. The van der Waals surface area contributed by atoms with Gasteiger partial charge in [0.2, 0.25) is 0 Å². The average Bonchev–Trinajstić information content (AvgIpc) is 1.84. The number of nitrogens with two attached hydrogens (primary N) is 1. The standard InChI is InChI=1S/C8H13NO3/c1-3-12-8(11)5-7(10)4-6(2)9/h4H,3,5,9H2,1-2H3. The third-order valence-electron chi connectivity index (χ3n) is 1.01. The van der Waals surface area contributed by atoms with Crippen LogP contribution in [0.5, 0.6) is 0 Å². The molecule has 0 bridgehead atoms. The molecule has 0 radical (unpaired) electrons. The minimum absolute atomic E-state index is 0.234. The summed E-state index contributed by atoms with van der Waals surface area (Å²) in [6.45, 7) is 3.56. The van der Waals surface area contributed by atoms with Crippen LogP contribution < -0.4 is 5.73 Å². The summed E-state index contributed by atoms with van der Waals surface area (Å²) in [7, 11) is 0. The van der Waals surface area contributed by atoms with Gasteiger partial charge < -0.3 is 10.5 Å². The fraction of sp³-hybridized carbons (Fsp3) is 0.500. The highest BCUT2D eigenvalue weighted by molar-refractivity contribution is 6.02. The zero-order chi connectivity index (χ0) is 9.56. The van der Waals surface area contributed by atoms with Crippen molar-refractivity contribution in [3.8, 4) is 0 Å². The van der Waals surface area contributed by atoms with Crippen LogP contribution >= 0.6 is 0 Å². The quantitative estimate of drug-likeness (QED) is 0.377. The van der Waals surface area contributed by atoms with E-state index in [1.54, 1.807) is 13.8 Å². The molecule has 68 valence electrons. The Morgan fingerprint density at radius 1 is 1.50 bits per heavy atom. The average molecular weight is 171 g/mol. The van der Waals surface area contributed by atoms with Crippen molar-refractivity contribution in [2.45, 2.75) is 20.3 Å². The summed E-state index contributed by atoms with van der Waals surface area (Å²) < 4.78 is 4.56. The molecule has 0 aromatic heterocycles. The van der Waals surface area contributed by atoms with Gasteiger partial charge >= 0.3 is 5.97 Å². The Labute approximate surface area is 71.4 Å². The lowest BCUT2D eigenvalue weighted by Crippen LogP contribution is -2.10. The molecule has 0 fully saturated rings. The maximum absolute atomic E-state index is 10.9. The molecular weight excluding hydrogens is 158 g/mol. The van der Waals surface area contributed by atoms with Crippen molar-refractivity contribution < 1.29 is 14.3 Å². The minimum atomic E-state index is -0.514. The summed E-state index contributed by atoms with van der Waals surface area (Å²) in [5, 5.41) is 0. The summed E-state index contributed by atoms with van der Waals surface area (Å²) in [6, 6.07) is 0. The van der Waals surface area contributed by atoms with E-state index < -0.39 is 5.97 Å². The Kier molecular flexibility index (Phi) is 4.76. The molecule has 0 saturated heterocycles. The number of carbonyl (C=O) groups excluding carboxylic acids is 2. The third-order valence-corrected chi connectivity index (χ3v) is 1.01. The van der Waals surface area contributed by atoms with Gasteiger partial charge in [0, 0.05) is 11.8 Å². The van der Waals surface area contributed by atoms with Crippen molar-refractivity contribution in [3.05, 3.63) is 11.8 Å². The van der Waals surface area contributed by atoms with Crippen LogP contribution in [0.25, 0.3) is 0 Å². The van der Waals surface area contributed by atoms with Gasteiger partial charge in [0.25, 0.3) is 0 Å². The van der Waals surface area contributed by atoms with Gasteiger partial charge in [-0.15, -0.1) is 0 Å². The van der Waals surface area contributed by atoms with Crippen LogP contribution in [0, 0.1) is 0 Å². The van der Waals surface area contributed by atoms with Gasteiger partial charge in [-0.05, 0) is 13.8 Å². The highest BCUT2D eigenvalue weighted by Gasteiger charge is 2.06. The molecule has 0 aliphatic carbocycles. The first-order chi connectivity index (χ1) is 5.56. The number of allylic oxidation sites excluding steroid dienone is 2. The highest BCUT2D eigenvalue weighted by atomic mass is 16.5. The lowest BCUT2D eigenvalue weighted by Gasteiger charge is -1.97. The molecule has 0 saturated carbocycles. The van der Waals surface area contributed by atoms with Crippen molar-refractivity contribution >= 4 is 11.8 Å². The molecule has 0 aliphatic rings. The molecule has 4 heteroatoms. The second kappa shape index (κ2) is 5.35. The summed E-state index contributed by atoms with van der Waals surface area (Å²) in [6.07, 6.45) is 0.985. The first kappa shape index (κ1) is 10.7. The molecule has 0 unspecified atom stereocenters.